The van der Waals surface area contributed by atoms with Crippen LogP contribution in [0.15, 0.2) is 12.1 Å². The van der Waals surface area contributed by atoms with Gasteiger partial charge in [-0.05, 0) is 58.0 Å². The van der Waals surface area contributed by atoms with Gasteiger partial charge in [0.1, 0.15) is 0 Å². The second kappa shape index (κ2) is 4.92. The van der Waals surface area contributed by atoms with Gasteiger partial charge in [0.15, 0.2) is 0 Å². The summed E-state index contributed by atoms with van der Waals surface area (Å²) in [4.78, 5) is 5.65. The molecule has 0 radical (unpaired) electrons. The molecule has 3 heteroatoms. The first-order valence-electron chi connectivity index (χ1n) is 5.84. The second-order valence-electron chi connectivity index (χ2n) is 4.48. The quantitative estimate of drug-likeness (QED) is 0.870. The highest BCUT2D eigenvalue weighted by atomic mass is 32.1. The molecule has 17 heavy (non-hydrogen) atoms. The van der Waals surface area contributed by atoms with Gasteiger partial charge < -0.3 is 5.32 Å². The van der Waals surface area contributed by atoms with E-state index in [0.717, 1.165) is 0 Å². The Labute approximate surface area is 112 Å². The molecule has 0 saturated carbocycles. The third-order valence-electron chi connectivity index (χ3n) is 3.15. The molecule has 0 spiro atoms. The zero-order valence-corrected chi connectivity index (χ0v) is 12.7. The first-order valence-corrected chi connectivity index (χ1v) is 7.47. The van der Waals surface area contributed by atoms with Crippen molar-refractivity contribution in [3.05, 3.63) is 42.8 Å². The number of thiophene rings is 2. The van der Waals surface area contributed by atoms with Crippen molar-refractivity contribution in [2.45, 2.75) is 33.7 Å². The fourth-order valence-corrected chi connectivity index (χ4v) is 4.27. The van der Waals surface area contributed by atoms with Crippen LogP contribution in [0.2, 0.25) is 0 Å². The van der Waals surface area contributed by atoms with E-state index in [1.807, 2.05) is 29.7 Å². The van der Waals surface area contributed by atoms with Crippen LogP contribution in [-0.2, 0) is 0 Å². The predicted octanol–water partition coefficient (Wildman–Crippen LogP) is 4.35. The molecule has 2 aromatic rings. The van der Waals surface area contributed by atoms with E-state index < -0.39 is 0 Å². The van der Waals surface area contributed by atoms with Gasteiger partial charge in [-0.25, -0.2) is 0 Å². The van der Waals surface area contributed by atoms with Gasteiger partial charge in [0.2, 0.25) is 0 Å². The molecule has 0 aromatic carbocycles. The Morgan fingerprint density at radius 1 is 1.00 bits per heavy atom. The second-order valence-corrected chi connectivity index (χ2v) is 7.23. The normalized spacial score (nSPS) is 13.0. The van der Waals surface area contributed by atoms with Gasteiger partial charge in [-0.3, -0.25) is 0 Å². The van der Waals surface area contributed by atoms with Crippen LogP contribution < -0.4 is 5.32 Å². The topological polar surface area (TPSA) is 12.0 Å². The van der Waals surface area contributed by atoms with E-state index in [0.29, 0.717) is 6.04 Å². The fraction of sp³-hybridized carbons (Fsp3) is 0.429. The van der Waals surface area contributed by atoms with Crippen molar-refractivity contribution in [2.75, 3.05) is 7.05 Å². The molecule has 0 saturated heterocycles. The number of aryl methyl sites for hydroxylation is 4. The van der Waals surface area contributed by atoms with Crippen LogP contribution in [0, 0.1) is 27.7 Å². The molecule has 92 valence electrons. The van der Waals surface area contributed by atoms with Gasteiger partial charge in [0.05, 0.1) is 6.04 Å². The number of rotatable bonds is 3. The molecule has 0 bridgehead atoms. The minimum absolute atomic E-state index is 0.345. The lowest BCUT2D eigenvalue weighted by Crippen LogP contribution is -2.16. The van der Waals surface area contributed by atoms with Crippen molar-refractivity contribution >= 4 is 22.7 Å². The van der Waals surface area contributed by atoms with Crippen LogP contribution >= 0.6 is 22.7 Å². The van der Waals surface area contributed by atoms with Gasteiger partial charge in [-0.2, -0.15) is 0 Å². The van der Waals surface area contributed by atoms with Crippen molar-refractivity contribution in [2.24, 2.45) is 0 Å². The average molecular weight is 265 g/mol. The van der Waals surface area contributed by atoms with Gasteiger partial charge >= 0.3 is 0 Å². The van der Waals surface area contributed by atoms with Crippen molar-refractivity contribution in [1.82, 2.24) is 5.32 Å². The minimum atomic E-state index is 0.345. The maximum absolute atomic E-state index is 3.45. The highest BCUT2D eigenvalue weighted by Crippen LogP contribution is 2.34. The number of nitrogens with one attached hydrogen (secondary N) is 1. The summed E-state index contributed by atoms with van der Waals surface area (Å²) in [7, 11) is 2.04. The van der Waals surface area contributed by atoms with E-state index in [-0.39, 0.29) is 0 Å². The standard InChI is InChI=1S/C14H19NS2/c1-8-6-13(17-10(8)3)14(15-5)12-7-9(2)16-11(12)4/h6-7,14-15H,1-5H3. The van der Waals surface area contributed by atoms with Crippen LogP contribution in [0.1, 0.15) is 36.7 Å². The van der Waals surface area contributed by atoms with E-state index in [1.165, 1.54) is 30.6 Å². The first-order chi connectivity index (χ1) is 8.02. The lowest BCUT2D eigenvalue weighted by Gasteiger charge is -2.14. The van der Waals surface area contributed by atoms with Gasteiger partial charge in [-0.1, -0.05) is 0 Å². The van der Waals surface area contributed by atoms with E-state index >= 15 is 0 Å². The van der Waals surface area contributed by atoms with E-state index in [1.54, 1.807) is 0 Å². The summed E-state index contributed by atoms with van der Waals surface area (Å²) in [5, 5.41) is 3.45. The van der Waals surface area contributed by atoms with Gasteiger partial charge in [0.25, 0.3) is 0 Å². The molecule has 0 aliphatic carbocycles. The summed E-state index contributed by atoms with van der Waals surface area (Å²) in [5.41, 5.74) is 2.83. The lowest BCUT2D eigenvalue weighted by atomic mass is 10.1. The summed E-state index contributed by atoms with van der Waals surface area (Å²) in [6, 6.07) is 4.97. The van der Waals surface area contributed by atoms with E-state index in [2.05, 4.69) is 45.1 Å². The summed E-state index contributed by atoms with van der Waals surface area (Å²) < 4.78 is 0. The molecule has 2 heterocycles. The van der Waals surface area contributed by atoms with Crippen molar-refractivity contribution in [3.8, 4) is 0 Å². The average Bonchev–Trinajstić information content (AvgIpc) is 2.74. The Morgan fingerprint density at radius 2 is 1.71 bits per heavy atom. The van der Waals surface area contributed by atoms with E-state index in [4.69, 9.17) is 0 Å². The maximum atomic E-state index is 3.45. The molecule has 0 amide bonds. The summed E-state index contributed by atoms with van der Waals surface area (Å²) in [6.45, 7) is 8.78. The zero-order chi connectivity index (χ0) is 12.6. The van der Waals surface area contributed by atoms with Gasteiger partial charge in [0, 0.05) is 19.5 Å². The number of hydrogen-bond acceptors (Lipinski definition) is 3. The molecular formula is C14H19NS2. The van der Waals surface area contributed by atoms with Crippen molar-refractivity contribution < 1.29 is 0 Å². The third kappa shape index (κ3) is 2.46. The van der Waals surface area contributed by atoms with Crippen LogP contribution in [0.3, 0.4) is 0 Å². The Hall–Kier alpha value is -0.640. The molecule has 0 fully saturated rings. The molecular weight excluding hydrogens is 246 g/mol. The summed E-state index contributed by atoms with van der Waals surface area (Å²) >= 11 is 3.79. The number of hydrogen-bond donors (Lipinski definition) is 1. The largest absolute Gasteiger partial charge is 0.309 e. The summed E-state index contributed by atoms with van der Waals surface area (Å²) in [6.07, 6.45) is 0. The molecule has 1 atom stereocenters. The highest BCUT2D eigenvalue weighted by molar-refractivity contribution is 7.12. The Kier molecular flexibility index (Phi) is 3.71. The molecule has 1 unspecified atom stereocenters. The fourth-order valence-electron chi connectivity index (χ4n) is 2.13. The molecule has 1 N–H and O–H groups in total. The molecule has 2 rings (SSSR count). The highest BCUT2D eigenvalue weighted by Gasteiger charge is 2.18. The van der Waals surface area contributed by atoms with Crippen molar-refractivity contribution in [3.63, 3.8) is 0 Å². The van der Waals surface area contributed by atoms with Crippen molar-refractivity contribution in [1.29, 1.82) is 0 Å². The Bertz CT molecular complexity index is 503. The smallest absolute Gasteiger partial charge is 0.0679 e. The predicted molar refractivity (Wildman–Crippen MR) is 78.5 cm³/mol. The van der Waals surface area contributed by atoms with Crippen LogP contribution in [0.5, 0.6) is 0 Å². The molecule has 0 aliphatic heterocycles. The zero-order valence-electron chi connectivity index (χ0n) is 11.0. The lowest BCUT2D eigenvalue weighted by molar-refractivity contribution is 0.702. The van der Waals surface area contributed by atoms with Crippen LogP contribution in [0.4, 0.5) is 0 Å². The molecule has 1 nitrogen and oxygen atoms in total. The van der Waals surface area contributed by atoms with E-state index in [9.17, 15) is 0 Å². The SMILES string of the molecule is CNC(c1cc(C)c(C)s1)c1cc(C)sc1C. The third-order valence-corrected chi connectivity index (χ3v) is 5.35. The monoisotopic (exact) mass is 265 g/mol. The van der Waals surface area contributed by atoms with Gasteiger partial charge in [-0.15, -0.1) is 22.7 Å². The van der Waals surface area contributed by atoms with Crippen LogP contribution in [-0.4, -0.2) is 7.05 Å². The minimum Gasteiger partial charge on any atom is -0.309 e. The molecule has 0 aliphatic rings. The Morgan fingerprint density at radius 3 is 2.12 bits per heavy atom. The van der Waals surface area contributed by atoms with Crippen LogP contribution in [0.25, 0.3) is 0 Å². The maximum Gasteiger partial charge on any atom is 0.0679 e. The Balaban J connectivity index is 2.43. The molecule has 2 aromatic heterocycles. The summed E-state index contributed by atoms with van der Waals surface area (Å²) in [5.74, 6) is 0. The first kappa shape index (κ1) is 12.8.